The summed E-state index contributed by atoms with van der Waals surface area (Å²) in [6, 6.07) is 11.2. The minimum absolute atomic E-state index is 0.144. The smallest absolute Gasteiger partial charge is 0.139 e. The number of ether oxygens (including phenoxy) is 1. The molecule has 2 nitrogen and oxygen atoms in total. The Bertz CT molecular complexity index is 557. The lowest BCUT2D eigenvalue weighted by Gasteiger charge is -2.18. The Morgan fingerprint density at radius 1 is 1.11 bits per heavy atom. The molecular formula is C14H12Cl2FNO. The van der Waals surface area contributed by atoms with Gasteiger partial charge >= 0.3 is 0 Å². The molecule has 0 amide bonds. The second-order valence-corrected chi connectivity index (χ2v) is 4.84. The zero-order valence-corrected chi connectivity index (χ0v) is 11.5. The lowest BCUT2D eigenvalue weighted by molar-refractivity contribution is 0.209. The van der Waals surface area contributed by atoms with Crippen LogP contribution in [-0.4, -0.2) is 6.54 Å². The Hall–Kier alpha value is -1.29. The number of hydrogen-bond acceptors (Lipinski definition) is 2. The molecule has 0 aromatic heterocycles. The summed E-state index contributed by atoms with van der Waals surface area (Å²) in [5.41, 5.74) is 6.04. The summed E-state index contributed by atoms with van der Waals surface area (Å²) in [5.74, 6) is 0.0993. The third kappa shape index (κ3) is 3.60. The molecule has 0 aliphatic rings. The molecule has 2 N–H and O–H groups in total. The van der Waals surface area contributed by atoms with Gasteiger partial charge in [0.15, 0.2) is 0 Å². The molecule has 0 aliphatic carbocycles. The number of nitrogens with two attached hydrogens (primary N) is 1. The standard InChI is InChI=1S/C14H12Cl2FNO/c15-9-5-10(16)7-11(6-9)19-14(8-18)12-3-1-2-4-13(12)17/h1-7,14H,8,18H2. The molecule has 0 bridgehead atoms. The SMILES string of the molecule is NCC(Oc1cc(Cl)cc(Cl)c1)c1ccccc1F. The van der Waals surface area contributed by atoms with E-state index in [2.05, 4.69) is 0 Å². The van der Waals surface area contributed by atoms with Gasteiger partial charge in [0.2, 0.25) is 0 Å². The van der Waals surface area contributed by atoms with Crippen LogP contribution < -0.4 is 10.5 Å². The summed E-state index contributed by atoms with van der Waals surface area (Å²) in [7, 11) is 0. The van der Waals surface area contributed by atoms with Crippen molar-refractivity contribution in [1.29, 1.82) is 0 Å². The highest BCUT2D eigenvalue weighted by Crippen LogP contribution is 2.28. The van der Waals surface area contributed by atoms with E-state index in [-0.39, 0.29) is 12.4 Å². The minimum Gasteiger partial charge on any atom is -0.484 e. The first-order valence-corrected chi connectivity index (χ1v) is 6.43. The van der Waals surface area contributed by atoms with E-state index in [1.807, 2.05) is 0 Å². The van der Waals surface area contributed by atoms with Crippen molar-refractivity contribution in [2.24, 2.45) is 5.73 Å². The van der Waals surface area contributed by atoms with Crippen LogP contribution in [0.15, 0.2) is 42.5 Å². The normalized spacial score (nSPS) is 12.2. The van der Waals surface area contributed by atoms with E-state index in [1.54, 1.807) is 36.4 Å². The van der Waals surface area contributed by atoms with Crippen LogP contribution in [0.3, 0.4) is 0 Å². The maximum Gasteiger partial charge on any atom is 0.139 e. The van der Waals surface area contributed by atoms with Crippen LogP contribution in [0, 0.1) is 5.82 Å². The summed E-state index contributed by atoms with van der Waals surface area (Å²) >= 11 is 11.8. The van der Waals surface area contributed by atoms with Crippen LogP contribution >= 0.6 is 23.2 Å². The second kappa shape index (κ2) is 6.24. The van der Waals surface area contributed by atoms with Crippen molar-refractivity contribution in [1.82, 2.24) is 0 Å². The number of halogens is 3. The third-order valence-electron chi connectivity index (χ3n) is 2.58. The Morgan fingerprint density at radius 2 is 1.74 bits per heavy atom. The molecule has 1 unspecified atom stereocenters. The Kier molecular flexibility index (Phi) is 4.64. The van der Waals surface area contributed by atoms with E-state index in [9.17, 15) is 4.39 Å². The number of benzene rings is 2. The van der Waals surface area contributed by atoms with Gasteiger partial charge in [0, 0.05) is 22.2 Å². The van der Waals surface area contributed by atoms with E-state index >= 15 is 0 Å². The first kappa shape index (κ1) is 14.1. The fourth-order valence-corrected chi connectivity index (χ4v) is 2.24. The Balaban J connectivity index is 2.26. The maximum absolute atomic E-state index is 13.7. The summed E-state index contributed by atoms with van der Waals surface area (Å²) in [5, 5.41) is 0.901. The van der Waals surface area contributed by atoms with Crippen LogP contribution in [0.1, 0.15) is 11.7 Å². The van der Waals surface area contributed by atoms with Crippen LogP contribution in [0.4, 0.5) is 4.39 Å². The Labute approximate surface area is 120 Å². The van der Waals surface area contributed by atoms with Gasteiger partial charge in [-0.15, -0.1) is 0 Å². The van der Waals surface area contributed by atoms with Gasteiger partial charge in [-0.1, -0.05) is 41.4 Å². The monoisotopic (exact) mass is 299 g/mol. The van der Waals surface area contributed by atoms with Crippen molar-refractivity contribution in [3.05, 3.63) is 63.9 Å². The van der Waals surface area contributed by atoms with E-state index in [0.717, 1.165) is 0 Å². The predicted molar refractivity (Wildman–Crippen MR) is 75.3 cm³/mol. The Morgan fingerprint density at radius 3 is 2.32 bits per heavy atom. The van der Waals surface area contributed by atoms with E-state index in [1.165, 1.54) is 6.07 Å². The van der Waals surface area contributed by atoms with Gasteiger partial charge < -0.3 is 10.5 Å². The van der Waals surface area contributed by atoms with E-state index < -0.39 is 6.10 Å². The van der Waals surface area contributed by atoms with Gasteiger partial charge in [-0.2, -0.15) is 0 Å². The van der Waals surface area contributed by atoms with Crippen molar-refractivity contribution in [3.63, 3.8) is 0 Å². The molecule has 0 radical (unpaired) electrons. The van der Waals surface area contributed by atoms with Gasteiger partial charge in [0.1, 0.15) is 17.7 Å². The molecule has 0 saturated carbocycles. The molecule has 2 rings (SSSR count). The van der Waals surface area contributed by atoms with Crippen molar-refractivity contribution in [3.8, 4) is 5.75 Å². The molecule has 2 aromatic rings. The predicted octanol–water partition coefficient (Wildman–Crippen LogP) is 4.21. The molecule has 5 heteroatoms. The molecule has 0 spiro atoms. The number of hydrogen-bond donors (Lipinski definition) is 1. The average molecular weight is 300 g/mol. The van der Waals surface area contributed by atoms with E-state index in [4.69, 9.17) is 33.7 Å². The third-order valence-corrected chi connectivity index (χ3v) is 3.02. The quantitative estimate of drug-likeness (QED) is 0.918. The van der Waals surface area contributed by atoms with Crippen LogP contribution in [0.2, 0.25) is 10.0 Å². The lowest BCUT2D eigenvalue weighted by Crippen LogP contribution is -2.19. The van der Waals surface area contributed by atoms with Crippen molar-refractivity contribution >= 4 is 23.2 Å². The zero-order chi connectivity index (χ0) is 13.8. The highest BCUT2D eigenvalue weighted by Gasteiger charge is 2.16. The van der Waals surface area contributed by atoms with Gasteiger partial charge in [-0.25, -0.2) is 4.39 Å². The van der Waals surface area contributed by atoms with Crippen LogP contribution in [-0.2, 0) is 0 Å². The van der Waals surface area contributed by atoms with Crippen LogP contribution in [0.5, 0.6) is 5.75 Å². The minimum atomic E-state index is -0.587. The molecule has 0 aliphatic heterocycles. The molecular weight excluding hydrogens is 288 g/mol. The average Bonchev–Trinajstić information content (AvgIpc) is 2.36. The van der Waals surface area contributed by atoms with E-state index in [0.29, 0.717) is 21.4 Å². The van der Waals surface area contributed by atoms with Gasteiger partial charge in [-0.3, -0.25) is 0 Å². The largest absolute Gasteiger partial charge is 0.484 e. The molecule has 0 fully saturated rings. The summed E-state index contributed by atoms with van der Waals surface area (Å²) < 4.78 is 19.4. The first-order chi connectivity index (χ1) is 9.10. The van der Waals surface area contributed by atoms with Crippen molar-refractivity contribution in [2.75, 3.05) is 6.54 Å². The highest BCUT2D eigenvalue weighted by atomic mass is 35.5. The summed E-state index contributed by atoms with van der Waals surface area (Å²) in [4.78, 5) is 0. The first-order valence-electron chi connectivity index (χ1n) is 5.67. The molecule has 19 heavy (non-hydrogen) atoms. The molecule has 0 heterocycles. The van der Waals surface area contributed by atoms with Crippen molar-refractivity contribution in [2.45, 2.75) is 6.10 Å². The van der Waals surface area contributed by atoms with Gasteiger partial charge in [0.25, 0.3) is 0 Å². The highest BCUT2D eigenvalue weighted by molar-refractivity contribution is 6.34. The summed E-state index contributed by atoms with van der Waals surface area (Å²) in [6.45, 7) is 0.144. The zero-order valence-electron chi connectivity index (χ0n) is 9.95. The molecule has 100 valence electrons. The summed E-state index contributed by atoms with van der Waals surface area (Å²) in [6.07, 6.45) is -0.587. The molecule has 2 aromatic carbocycles. The van der Waals surface area contributed by atoms with Crippen LogP contribution in [0.25, 0.3) is 0 Å². The van der Waals surface area contributed by atoms with Gasteiger partial charge in [0.05, 0.1) is 0 Å². The topological polar surface area (TPSA) is 35.2 Å². The second-order valence-electron chi connectivity index (χ2n) is 3.97. The molecule has 0 saturated heterocycles. The lowest BCUT2D eigenvalue weighted by atomic mass is 10.1. The van der Waals surface area contributed by atoms with Gasteiger partial charge in [-0.05, 0) is 24.3 Å². The fraction of sp³-hybridized carbons (Fsp3) is 0.143. The number of rotatable bonds is 4. The van der Waals surface area contributed by atoms with Crippen molar-refractivity contribution < 1.29 is 9.13 Å². The molecule has 1 atom stereocenters. The fourth-order valence-electron chi connectivity index (χ4n) is 1.74. The maximum atomic E-state index is 13.7.